The number of amides is 2. The lowest BCUT2D eigenvalue weighted by molar-refractivity contribution is -0.143. The van der Waals surface area contributed by atoms with Crippen molar-refractivity contribution in [2.45, 2.75) is 32.7 Å². The third-order valence-electron chi connectivity index (χ3n) is 4.41. The van der Waals surface area contributed by atoms with Gasteiger partial charge in [0.05, 0.1) is 18.6 Å². The zero-order valence-electron chi connectivity index (χ0n) is 14.2. The molecule has 2 amide bonds. The summed E-state index contributed by atoms with van der Waals surface area (Å²) in [5.74, 6) is -0.0928. The van der Waals surface area contributed by atoms with Crippen LogP contribution in [0.1, 0.15) is 36.9 Å². The molecule has 1 N–H and O–H groups in total. The smallest absolute Gasteiger partial charge is 0.225 e. The quantitative estimate of drug-likeness (QED) is 0.817. The molecule has 0 aliphatic carbocycles. The maximum absolute atomic E-state index is 12.6. The summed E-state index contributed by atoms with van der Waals surface area (Å²) in [6.45, 7) is 5.59. The minimum atomic E-state index is -0.216. The van der Waals surface area contributed by atoms with E-state index in [2.05, 4.69) is 5.32 Å². The Balaban J connectivity index is 2.25. The van der Waals surface area contributed by atoms with Gasteiger partial charge in [-0.15, -0.1) is 0 Å². The summed E-state index contributed by atoms with van der Waals surface area (Å²) in [5, 5.41) is 2.92. The maximum atomic E-state index is 12.6. The normalized spacial score (nSPS) is 21.3. The molecule has 0 spiro atoms. The number of benzene rings is 1. The lowest BCUT2D eigenvalue weighted by Gasteiger charge is -2.40. The van der Waals surface area contributed by atoms with Gasteiger partial charge in [0.25, 0.3) is 0 Å². The molecule has 5 heteroatoms. The number of likely N-dealkylation sites (tertiary alicyclic amines) is 1. The summed E-state index contributed by atoms with van der Waals surface area (Å²) in [6, 6.07) is 7.92. The van der Waals surface area contributed by atoms with Crippen LogP contribution in [0.3, 0.4) is 0 Å². The fourth-order valence-corrected chi connectivity index (χ4v) is 3.18. The van der Waals surface area contributed by atoms with E-state index in [1.54, 1.807) is 7.11 Å². The van der Waals surface area contributed by atoms with Crippen molar-refractivity contribution in [3.8, 4) is 0 Å². The number of ether oxygens (including phenoxy) is 1. The molecule has 1 aromatic carbocycles. The van der Waals surface area contributed by atoms with Crippen molar-refractivity contribution in [3.05, 3.63) is 35.4 Å². The third kappa shape index (κ3) is 4.10. The molecule has 5 nitrogen and oxygen atoms in total. The molecule has 1 heterocycles. The van der Waals surface area contributed by atoms with Crippen LogP contribution in [0.4, 0.5) is 0 Å². The lowest BCUT2D eigenvalue weighted by atomic mass is 9.83. The molecular formula is C18H26N2O3. The monoisotopic (exact) mass is 318 g/mol. The number of nitrogens with zero attached hydrogens (tertiary/aromatic N) is 1. The molecule has 0 unspecified atom stereocenters. The summed E-state index contributed by atoms with van der Waals surface area (Å²) in [6.07, 6.45) is 1.02. The highest BCUT2D eigenvalue weighted by Crippen LogP contribution is 2.36. The van der Waals surface area contributed by atoms with Crippen molar-refractivity contribution >= 4 is 11.8 Å². The minimum Gasteiger partial charge on any atom is -0.383 e. The van der Waals surface area contributed by atoms with Crippen LogP contribution < -0.4 is 5.32 Å². The van der Waals surface area contributed by atoms with Crippen molar-refractivity contribution in [1.82, 2.24) is 10.2 Å². The number of hydrogen-bond acceptors (Lipinski definition) is 3. The Morgan fingerprint density at radius 1 is 1.35 bits per heavy atom. The van der Waals surface area contributed by atoms with Gasteiger partial charge < -0.3 is 15.0 Å². The number of aryl methyl sites for hydroxylation is 1. The molecule has 0 radical (unpaired) electrons. The molecule has 2 rings (SSSR count). The zero-order valence-corrected chi connectivity index (χ0v) is 14.2. The highest BCUT2D eigenvalue weighted by Gasteiger charge is 2.39. The molecule has 1 saturated heterocycles. The second-order valence-electron chi connectivity index (χ2n) is 5.96. The average molecular weight is 318 g/mol. The SMILES string of the molecule is CCN1C(=O)CC[C@@H](C(=O)NCCOC)[C@@H]1c1ccc(C)cc1. The Bertz CT molecular complexity index is 542. The number of methoxy groups -OCH3 is 1. The first-order valence-corrected chi connectivity index (χ1v) is 8.21. The van der Waals surface area contributed by atoms with E-state index < -0.39 is 0 Å². The highest BCUT2D eigenvalue weighted by molar-refractivity contribution is 5.85. The van der Waals surface area contributed by atoms with Gasteiger partial charge in [0, 0.05) is 26.6 Å². The molecule has 0 saturated carbocycles. The van der Waals surface area contributed by atoms with Crippen LogP contribution in [-0.4, -0.2) is 43.5 Å². The molecule has 2 atom stereocenters. The fourth-order valence-electron chi connectivity index (χ4n) is 3.18. The van der Waals surface area contributed by atoms with Crippen molar-refractivity contribution in [3.63, 3.8) is 0 Å². The molecular weight excluding hydrogens is 292 g/mol. The Hall–Kier alpha value is -1.88. The summed E-state index contributed by atoms with van der Waals surface area (Å²) >= 11 is 0. The summed E-state index contributed by atoms with van der Waals surface area (Å²) in [4.78, 5) is 26.7. The Kier molecular flexibility index (Phi) is 6.16. The molecule has 1 fully saturated rings. The second-order valence-corrected chi connectivity index (χ2v) is 5.96. The van der Waals surface area contributed by atoms with Crippen molar-refractivity contribution in [1.29, 1.82) is 0 Å². The van der Waals surface area contributed by atoms with E-state index in [4.69, 9.17) is 4.74 Å². The van der Waals surface area contributed by atoms with Gasteiger partial charge >= 0.3 is 0 Å². The van der Waals surface area contributed by atoms with Gasteiger partial charge in [-0.3, -0.25) is 9.59 Å². The molecule has 23 heavy (non-hydrogen) atoms. The molecule has 1 aliphatic heterocycles. The Morgan fingerprint density at radius 3 is 2.65 bits per heavy atom. The molecule has 126 valence electrons. The largest absolute Gasteiger partial charge is 0.383 e. The highest BCUT2D eigenvalue weighted by atomic mass is 16.5. The lowest BCUT2D eigenvalue weighted by Crippen LogP contribution is -2.48. The summed E-state index contributed by atoms with van der Waals surface area (Å²) < 4.78 is 4.98. The number of piperidine rings is 1. The van der Waals surface area contributed by atoms with Crippen LogP contribution in [0.2, 0.25) is 0 Å². The molecule has 1 aliphatic rings. The standard InChI is InChI=1S/C18H26N2O3/c1-4-20-16(21)10-9-15(18(22)19-11-12-23-3)17(20)14-7-5-13(2)6-8-14/h5-8,15,17H,4,9-12H2,1-3H3,(H,19,22)/t15-,17+/m1/s1. The number of hydrogen-bond donors (Lipinski definition) is 1. The number of rotatable bonds is 6. The van der Waals surface area contributed by atoms with Gasteiger partial charge in [0.15, 0.2) is 0 Å². The summed E-state index contributed by atoms with van der Waals surface area (Å²) in [7, 11) is 1.61. The topological polar surface area (TPSA) is 58.6 Å². The molecule has 0 aromatic heterocycles. The Labute approximate surface area is 138 Å². The minimum absolute atomic E-state index is 0.00132. The molecule has 0 bridgehead atoms. The van der Waals surface area contributed by atoms with Crippen LogP contribution >= 0.6 is 0 Å². The van der Waals surface area contributed by atoms with E-state index in [0.29, 0.717) is 32.5 Å². The van der Waals surface area contributed by atoms with Gasteiger partial charge in [0.1, 0.15) is 0 Å². The summed E-state index contributed by atoms with van der Waals surface area (Å²) in [5.41, 5.74) is 2.19. The van der Waals surface area contributed by atoms with Crippen LogP contribution in [0.25, 0.3) is 0 Å². The van der Waals surface area contributed by atoms with E-state index in [1.165, 1.54) is 5.56 Å². The third-order valence-corrected chi connectivity index (χ3v) is 4.41. The van der Waals surface area contributed by atoms with Gasteiger partial charge in [0.2, 0.25) is 11.8 Å². The van der Waals surface area contributed by atoms with Crippen LogP contribution in [0, 0.1) is 12.8 Å². The van der Waals surface area contributed by atoms with Crippen molar-refractivity contribution < 1.29 is 14.3 Å². The maximum Gasteiger partial charge on any atom is 0.225 e. The number of nitrogens with one attached hydrogen (secondary N) is 1. The zero-order chi connectivity index (χ0) is 16.8. The number of carbonyl (C=O) groups is 2. The van der Waals surface area contributed by atoms with E-state index >= 15 is 0 Å². The fraction of sp³-hybridized carbons (Fsp3) is 0.556. The van der Waals surface area contributed by atoms with Gasteiger partial charge in [-0.05, 0) is 25.8 Å². The first-order valence-electron chi connectivity index (χ1n) is 8.21. The van der Waals surface area contributed by atoms with E-state index in [0.717, 1.165) is 5.56 Å². The van der Waals surface area contributed by atoms with E-state index in [-0.39, 0.29) is 23.8 Å². The van der Waals surface area contributed by atoms with E-state index in [9.17, 15) is 9.59 Å². The van der Waals surface area contributed by atoms with Crippen LogP contribution in [0.15, 0.2) is 24.3 Å². The van der Waals surface area contributed by atoms with Crippen molar-refractivity contribution in [2.24, 2.45) is 5.92 Å². The van der Waals surface area contributed by atoms with E-state index in [1.807, 2.05) is 43.0 Å². The predicted molar refractivity (Wildman–Crippen MR) is 88.9 cm³/mol. The van der Waals surface area contributed by atoms with Crippen LogP contribution in [-0.2, 0) is 14.3 Å². The second kappa shape index (κ2) is 8.11. The first kappa shape index (κ1) is 17.5. The predicted octanol–water partition coefficient (Wildman–Crippen LogP) is 2.06. The van der Waals surface area contributed by atoms with Crippen molar-refractivity contribution in [2.75, 3.05) is 26.8 Å². The number of carbonyl (C=O) groups excluding carboxylic acids is 2. The van der Waals surface area contributed by atoms with Crippen LogP contribution in [0.5, 0.6) is 0 Å². The van der Waals surface area contributed by atoms with Gasteiger partial charge in [-0.1, -0.05) is 29.8 Å². The Morgan fingerprint density at radius 2 is 2.04 bits per heavy atom. The van der Waals surface area contributed by atoms with Gasteiger partial charge in [-0.25, -0.2) is 0 Å². The molecule has 1 aromatic rings. The average Bonchev–Trinajstić information content (AvgIpc) is 2.55. The van der Waals surface area contributed by atoms with Gasteiger partial charge in [-0.2, -0.15) is 0 Å². The first-order chi connectivity index (χ1) is 11.1.